The van der Waals surface area contributed by atoms with Crippen molar-refractivity contribution in [2.75, 3.05) is 37.6 Å². The SMILES string of the molecule is NS(=O)(=O)c1cccc(N2CC(C(=O)N3CCNCC3)CC2=O)c1. The number of anilines is 1. The third-order valence-electron chi connectivity index (χ3n) is 4.36. The van der Waals surface area contributed by atoms with Crippen LogP contribution in [0, 0.1) is 5.92 Å². The predicted octanol–water partition coefficient (Wildman–Crippen LogP) is -0.881. The number of benzene rings is 1. The van der Waals surface area contributed by atoms with Crippen molar-refractivity contribution in [1.82, 2.24) is 10.2 Å². The summed E-state index contributed by atoms with van der Waals surface area (Å²) in [6.07, 6.45) is 0.141. The van der Waals surface area contributed by atoms with Gasteiger partial charge in [0.25, 0.3) is 0 Å². The summed E-state index contributed by atoms with van der Waals surface area (Å²) in [5.41, 5.74) is 0.446. The molecule has 3 N–H and O–H groups in total. The number of carbonyl (C=O) groups is 2. The Morgan fingerprint density at radius 2 is 1.96 bits per heavy atom. The zero-order valence-corrected chi connectivity index (χ0v) is 14.0. The van der Waals surface area contributed by atoms with Gasteiger partial charge in [0.15, 0.2) is 0 Å². The van der Waals surface area contributed by atoms with Gasteiger partial charge in [0, 0.05) is 44.8 Å². The maximum atomic E-state index is 12.6. The van der Waals surface area contributed by atoms with Crippen LogP contribution in [0.1, 0.15) is 6.42 Å². The standard InChI is InChI=1S/C15H20N4O4S/c16-24(22,23)13-3-1-2-12(9-13)19-10-11(8-14(19)20)15(21)18-6-4-17-5-7-18/h1-3,9,11,17H,4-8,10H2,(H2,16,22,23). The van der Waals surface area contributed by atoms with Crippen LogP contribution in [0.4, 0.5) is 5.69 Å². The van der Waals surface area contributed by atoms with Crippen LogP contribution in [0.25, 0.3) is 0 Å². The first-order valence-electron chi connectivity index (χ1n) is 7.79. The first-order chi connectivity index (χ1) is 11.4. The van der Waals surface area contributed by atoms with Gasteiger partial charge in [-0.15, -0.1) is 0 Å². The summed E-state index contributed by atoms with van der Waals surface area (Å²) in [5, 5.41) is 8.32. The van der Waals surface area contributed by atoms with Gasteiger partial charge in [-0.3, -0.25) is 9.59 Å². The van der Waals surface area contributed by atoms with Crippen molar-refractivity contribution in [2.45, 2.75) is 11.3 Å². The van der Waals surface area contributed by atoms with Gasteiger partial charge in [0.05, 0.1) is 10.8 Å². The summed E-state index contributed by atoms with van der Waals surface area (Å²) < 4.78 is 22.9. The van der Waals surface area contributed by atoms with Gasteiger partial charge in [0.1, 0.15) is 0 Å². The Kier molecular flexibility index (Phi) is 4.57. The van der Waals surface area contributed by atoms with Crippen molar-refractivity contribution in [1.29, 1.82) is 0 Å². The van der Waals surface area contributed by atoms with E-state index in [0.29, 0.717) is 18.8 Å². The molecule has 9 heteroatoms. The number of carbonyl (C=O) groups excluding carboxylic acids is 2. The summed E-state index contributed by atoms with van der Waals surface area (Å²) in [4.78, 5) is 28.0. The number of hydrogen-bond donors (Lipinski definition) is 2. The third kappa shape index (κ3) is 3.42. The van der Waals surface area contributed by atoms with Crippen LogP contribution in [-0.2, 0) is 19.6 Å². The molecule has 2 amide bonds. The van der Waals surface area contributed by atoms with E-state index >= 15 is 0 Å². The van der Waals surface area contributed by atoms with Crippen LogP contribution >= 0.6 is 0 Å². The second-order valence-corrected chi connectivity index (χ2v) is 7.58. The molecule has 1 atom stereocenters. The number of rotatable bonds is 3. The fourth-order valence-electron chi connectivity index (χ4n) is 3.09. The maximum Gasteiger partial charge on any atom is 0.238 e. The molecule has 0 aromatic heterocycles. The molecule has 0 spiro atoms. The first-order valence-corrected chi connectivity index (χ1v) is 9.33. The monoisotopic (exact) mass is 352 g/mol. The maximum absolute atomic E-state index is 12.6. The summed E-state index contributed by atoms with van der Waals surface area (Å²) >= 11 is 0. The Morgan fingerprint density at radius 1 is 1.25 bits per heavy atom. The number of nitrogens with zero attached hydrogens (tertiary/aromatic N) is 2. The number of piperazine rings is 1. The van der Waals surface area contributed by atoms with E-state index in [1.807, 2.05) is 0 Å². The molecule has 1 unspecified atom stereocenters. The average Bonchev–Trinajstić information content (AvgIpc) is 2.96. The second-order valence-electron chi connectivity index (χ2n) is 6.02. The first kappa shape index (κ1) is 16.9. The van der Waals surface area contributed by atoms with Crippen molar-refractivity contribution in [2.24, 2.45) is 11.1 Å². The van der Waals surface area contributed by atoms with E-state index in [0.717, 1.165) is 13.1 Å². The molecule has 0 bridgehead atoms. The highest BCUT2D eigenvalue weighted by Gasteiger charge is 2.37. The molecule has 0 saturated carbocycles. The lowest BCUT2D eigenvalue weighted by Gasteiger charge is -2.29. The molecule has 24 heavy (non-hydrogen) atoms. The van der Waals surface area contributed by atoms with Crippen molar-refractivity contribution in [3.8, 4) is 0 Å². The number of primary sulfonamides is 1. The molecule has 2 aliphatic heterocycles. The van der Waals surface area contributed by atoms with E-state index in [4.69, 9.17) is 5.14 Å². The normalized spacial score (nSPS) is 22.0. The van der Waals surface area contributed by atoms with E-state index in [1.165, 1.54) is 23.1 Å². The van der Waals surface area contributed by atoms with Crippen LogP contribution in [0.15, 0.2) is 29.2 Å². The molecule has 2 fully saturated rings. The van der Waals surface area contributed by atoms with Crippen LogP contribution < -0.4 is 15.4 Å². The largest absolute Gasteiger partial charge is 0.340 e. The highest BCUT2D eigenvalue weighted by Crippen LogP contribution is 2.27. The molecule has 1 aromatic rings. The molecule has 2 heterocycles. The van der Waals surface area contributed by atoms with E-state index < -0.39 is 15.9 Å². The number of nitrogens with two attached hydrogens (primary N) is 1. The van der Waals surface area contributed by atoms with Crippen LogP contribution in [0.5, 0.6) is 0 Å². The topological polar surface area (TPSA) is 113 Å². The molecule has 0 aliphatic carbocycles. The molecular weight excluding hydrogens is 332 g/mol. The fraction of sp³-hybridized carbons (Fsp3) is 0.467. The quantitative estimate of drug-likeness (QED) is 0.733. The van der Waals surface area contributed by atoms with Crippen molar-refractivity contribution in [3.05, 3.63) is 24.3 Å². The number of nitrogens with one attached hydrogen (secondary N) is 1. The Bertz CT molecular complexity index is 758. The number of hydrogen-bond acceptors (Lipinski definition) is 5. The molecule has 130 valence electrons. The molecule has 2 aliphatic rings. The van der Waals surface area contributed by atoms with Gasteiger partial charge in [-0.25, -0.2) is 13.6 Å². The third-order valence-corrected chi connectivity index (χ3v) is 5.27. The smallest absolute Gasteiger partial charge is 0.238 e. The highest BCUT2D eigenvalue weighted by molar-refractivity contribution is 7.89. The minimum Gasteiger partial charge on any atom is -0.340 e. The Balaban J connectivity index is 1.76. The van der Waals surface area contributed by atoms with Crippen LogP contribution in [-0.4, -0.2) is 57.9 Å². The highest BCUT2D eigenvalue weighted by atomic mass is 32.2. The zero-order chi connectivity index (χ0) is 17.3. The van der Waals surface area contributed by atoms with E-state index in [-0.39, 0.29) is 29.7 Å². The van der Waals surface area contributed by atoms with Gasteiger partial charge in [0.2, 0.25) is 21.8 Å². The lowest BCUT2D eigenvalue weighted by molar-refractivity contribution is -0.136. The van der Waals surface area contributed by atoms with Gasteiger partial charge < -0.3 is 15.1 Å². The second kappa shape index (κ2) is 6.50. The van der Waals surface area contributed by atoms with Crippen molar-refractivity contribution >= 4 is 27.5 Å². The molecule has 8 nitrogen and oxygen atoms in total. The van der Waals surface area contributed by atoms with E-state index in [1.54, 1.807) is 11.0 Å². The average molecular weight is 352 g/mol. The molecular formula is C15H20N4O4S. The Labute approximate surface area is 140 Å². The Morgan fingerprint density at radius 3 is 2.62 bits per heavy atom. The molecule has 3 rings (SSSR count). The minimum atomic E-state index is -3.84. The van der Waals surface area contributed by atoms with Crippen molar-refractivity contribution < 1.29 is 18.0 Å². The number of amides is 2. The summed E-state index contributed by atoms with van der Waals surface area (Å²) in [5.74, 6) is -0.598. The van der Waals surface area contributed by atoms with Gasteiger partial charge in [-0.1, -0.05) is 6.07 Å². The van der Waals surface area contributed by atoms with Gasteiger partial charge in [-0.2, -0.15) is 0 Å². The lowest BCUT2D eigenvalue weighted by Crippen LogP contribution is -2.48. The summed E-state index contributed by atoms with van der Waals surface area (Å²) in [6, 6.07) is 5.92. The molecule has 2 saturated heterocycles. The number of sulfonamides is 1. The molecule has 1 aromatic carbocycles. The lowest BCUT2D eigenvalue weighted by atomic mass is 10.1. The van der Waals surface area contributed by atoms with E-state index in [9.17, 15) is 18.0 Å². The molecule has 0 radical (unpaired) electrons. The van der Waals surface area contributed by atoms with Gasteiger partial charge in [-0.05, 0) is 18.2 Å². The summed E-state index contributed by atoms with van der Waals surface area (Å²) in [7, 11) is -3.84. The minimum absolute atomic E-state index is 0.0186. The zero-order valence-electron chi connectivity index (χ0n) is 13.1. The van der Waals surface area contributed by atoms with Crippen molar-refractivity contribution in [3.63, 3.8) is 0 Å². The van der Waals surface area contributed by atoms with Crippen LogP contribution in [0.3, 0.4) is 0 Å². The fourth-order valence-corrected chi connectivity index (χ4v) is 3.65. The van der Waals surface area contributed by atoms with Gasteiger partial charge >= 0.3 is 0 Å². The Hall–Kier alpha value is -1.97. The van der Waals surface area contributed by atoms with E-state index in [2.05, 4.69) is 5.32 Å². The summed E-state index contributed by atoms with van der Waals surface area (Å²) in [6.45, 7) is 3.06. The predicted molar refractivity (Wildman–Crippen MR) is 87.7 cm³/mol. The van der Waals surface area contributed by atoms with Crippen LogP contribution in [0.2, 0.25) is 0 Å².